The molecule has 1 heterocycles. The zero-order valence-electron chi connectivity index (χ0n) is 13.5. The van der Waals surface area contributed by atoms with Crippen LogP contribution in [0.2, 0.25) is 0 Å². The number of amides is 2. The van der Waals surface area contributed by atoms with Crippen molar-refractivity contribution in [3.63, 3.8) is 0 Å². The molecule has 0 radical (unpaired) electrons. The summed E-state index contributed by atoms with van der Waals surface area (Å²) in [6.45, 7) is 0. The van der Waals surface area contributed by atoms with Gasteiger partial charge in [-0.3, -0.25) is 5.43 Å². The Balaban J connectivity index is 2.12. The highest BCUT2D eigenvalue weighted by Crippen LogP contribution is 2.48. The molecule has 0 fully saturated rings. The highest BCUT2D eigenvalue weighted by Gasteiger charge is 2.48. The van der Waals surface area contributed by atoms with E-state index in [0.717, 1.165) is 0 Å². The van der Waals surface area contributed by atoms with E-state index in [0.29, 0.717) is 31.5 Å². The second kappa shape index (κ2) is 6.60. The lowest BCUT2D eigenvalue weighted by Gasteiger charge is -2.24. The van der Waals surface area contributed by atoms with Crippen molar-refractivity contribution >= 4 is 17.1 Å². The van der Waals surface area contributed by atoms with Crippen LogP contribution in [0, 0.1) is 0 Å². The molecule has 0 aromatic heterocycles. The summed E-state index contributed by atoms with van der Waals surface area (Å²) in [7, 11) is 4.88. The summed E-state index contributed by atoms with van der Waals surface area (Å²) >= 11 is -1.10. The molecule has 0 saturated heterocycles. The number of carbonyl (C=O) groups is 1. The van der Waals surface area contributed by atoms with Crippen LogP contribution in [0.15, 0.2) is 52.3 Å². The minimum absolute atomic E-state index is 0.544. The van der Waals surface area contributed by atoms with E-state index in [1.54, 1.807) is 45.5 Å². The fraction of sp³-hybridized carbons (Fsp3) is 0.188. The number of carbonyl (C=O) groups excluding carboxylic acids is 1. The number of fused-ring (bicyclic) bond motifs is 2. The Morgan fingerprint density at radius 1 is 1.17 bits per heavy atom. The zero-order chi connectivity index (χ0) is 17.3. The van der Waals surface area contributed by atoms with Crippen LogP contribution in [-0.4, -0.2) is 41.9 Å². The molecule has 8 heteroatoms. The molecule has 3 rings (SSSR count). The molecule has 2 aromatic rings. The fourth-order valence-corrected chi connectivity index (χ4v) is 4.28. The van der Waals surface area contributed by atoms with Crippen molar-refractivity contribution in [2.24, 2.45) is 0 Å². The third-order valence-corrected chi connectivity index (χ3v) is 5.35. The Morgan fingerprint density at radius 2 is 1.88 bits per heavy atom. The van der Waals surface area contributed by atoms with E-state index in [4.69, 9.17) is 9.47 Å². The van der Waals surface area contributed by atoms with E-state index < -0.39 is 17.1 Å². The molecule has 2 N–H and O–H groups in total. The molecule has 1 aliphatic rings. The first-order chi connectivity index (χ1) is 11.5. The molecule has 126 valence electrons. The minimum atomic E-state index is -1.10. The monoisotopic (exact) mass is 348 g/mol. The Morgan fingerprint density at radius 3 is 2.58 bits per heavy atom. The van der Waals surface area contributed by atoms with Gasteiger partial charge >= 0.3 is 6.03 Å². The quantitative estimate of drug-likeness (QED) is 0.507. The van der Waals surface area contributed by atoms with Gasteiger partial charge in [0, 0.05) is 24.6 Å². The summed E-state index contributed by atoms with van der Waals surface area (Å²) in [6, 6.07) is 12.0. The van der Waals surface area contributed by atoms with Gasteiger partial charge in [-0.15, -0.1) is 0 Å². The van der Waals surface area contributed by atoms with Crippen LogP contribution in [0.25, 0.3) is 0 Å². The first kappa shape index (κ1) is 16.4. The summed E-state index contributed by atoms with van der Waals surface area (Å²) in [6.07, 6.45) is 0. The van der Waals surface area contributed by atoms with Crippen LogP contribution in [0.1, 0.15) is 0 Å². The number of nitrogens with one attached hydrogen (secondary N) is 1. The number of rotatable bonds is 3. The topological polar surface area (TPSA) is 74.3 Å². The van der Waals surface area contributed by atoms with Crippen LogP contribution < -0.4 is 14.9 Å². The number of benzene rings is 2. The maximum atomic E-state index is 12.3. The molecule has 1 unspecified atom stereocenters. The van der Waals surface area contributed by atoms with Gasteiger partial charge in [0.05, 0.1) is 7.11 Å². The van der Waals surface area contributed by atoms with Crippen molar-refractivity contribution in [2.45, 2.75) is 9.79 Å². The molecule has 2 aromatic carbocycles. The first-order valence-corrected chi connectivity index (χ1v) is 8.36. The van der Waals surface area contributed by atoms with E-state index >= 15 is 0 Å². The fourth-order valence-electron chi connectivity index (χ4n) is 2.35. The predicted octanol–water partition coefficient (Wildman–Crippen LogP) is 2.63. The molecule has 0 aliphatic carbocycles. The SMILES string of the molecule is COc1cccc2c1[S+](N(O)C(=O)NN(C)C)c1ccccc1O2. The van der Waals surface area contributed by atoms with E-state index in [1.807, 2.05) is 18.2 Å². The number of methoxy groups -OCH3 is 1. The number of hydrogen-bond acceptors (Lipinski definition) is 5. The molecule has 0 saturated carbocycles. The molecule has 24 heavy (non-hydrogen) atoms. The van der Waals surface area contributed by atoms with Crippen LogP contribution in [-0.2, 0) is 11.1 Å². The standard InChI is InChI=1S/C16H17N3O4S/c1-18(2)17-16(20)19(21)24-14-10-5-4-7-11(14)23-13-9-6-8-12(22-3)15(13)24/h4-10,21H,1-3H3/p+1. The van der Waals surface area contributed by atoms with E-state index in [9.17, 15) is 10.0 Å². The van der Waals surface area contributed by atoms with Crippen molar-refractivity contribution in [1.82, 2.24) is 14.9 Å². The van der Waals surface area contributed by atoms with Gasteiger partial charge in [-0.05, 0) is 18.2 Å². The average molecular weight is 348 g/mol. The second-order valence-electron chi connectivity index (χ2n) is 5.21. The van der Waals surface area contributed by atoms with Crippen LogP contribution >= 0.6 is 0 Å². The normalized spacial score (nSPS) is 15.1. The largest absolute Gasteiger partial charge is 0.491 e. The number of hydroxylamine groups is 1. The lowest BCUT2D eigenvalue weighted by molar-refractivity contribution is 0.0387. The molecular formula is C16H18N3O4S+. The maximum absolute atomic E-state index is 12.3. The van der Waals surface area contributed by atoms with E-state index in [-0.39, 0.29) is 0 Å². The minimum Gasteiger partial charge on any atom is -0.491 e. The van der Waals surface area contributed by atoms with Crippen LogP contribution in [0.3, 0.4) is 0 Å². The van der Waals surface area contributed by atoms with E-state index in [2.05, 4.69) is 5.43 Å². The van der Waals surface area contributed by atoms with Crippen molar-refractivity contribution in [1.29, 1.82) is 0 Å². The first-order valence-electron chi connectivity index (χ1n) is 7.18. The van der Waals surface area contributed by atoms with Crippen molar-refractivity contribution < 1.29 is 19.5 Å². The average Bonchev–Trinajstić information content (AvgIpc) is 2.57. The van der Waals surface area contributed by atoms with Gasteiger partial charge in [0.15, 0.2) is 17.2 Å². The Kier molecular flexibility index (Phi) is 4.52. The predicted molar refractivity (Wildman–Crippen MR) is 89.3 cm³/mol. The van der Waals surface area contributed by atoms with Gasteiger partial charge < -0.3 is 9.47 Å². The number of ether oxygens (including phenoxy) is 2. The number of urea groups is 1. The van der Waals surface area contributed by atoms with Crippen LogP contribution in [0.5, 0.6) is 17.2 Å². The number of para-hydroxylation sites is 1. The smallest absolute Gasteiger partial charge is 0.401 e. The summed E-state index contributed by atoms with van der Waals surface area (Å²) < 4.78 is 12.0. The summed E-state index contributed by atoms with van der Waals surface area (Å²) in [4.78, 5) is 13.6. The Hall–Kier alpha value is -2.42. The van der Waals surface area contributed by atoms with E-state index in [1.165, 1.54) is 5.01 Å². The van der Waals surface area contributed by atoms with Gasteiger partial charge in [0.1, 0.15) is 0 Å². The van der Waals surface area contributed by atoms with Gasteiger partial charge in [0.25, 0.3) is 4.90 Å². The van der Waals surface area contributed by atoms with Crippen molar-refractivity contribution in [3.05, 3.63) is 42.5 Å². The highest BCUT2D eigenvalue weighted by molar-refractivity contribution is 7.95. The van der Waals surface area contributed by atoms with Gasteiger partial charge in [0.2, 0.25) is 16.0 Å². The highest BCUT2D eigenvalue weighted by atomic mass is 32.2. The molecule has 0 spiro atoms. The Labute approximate surface area is 142 Å². The number of nitrogens with zero attached hydrogens (tertiary/aromatic N) is 2. The van der Waals surface area contributed by atoms with Crippen LogP contribution in [0.4, 0.5) is 4.79 Å². The van der Waals surface area contributed by atoms with Crippen molar-refractivity contribution in [2.75, 3.05) is 21.2 Å². The summed E-state index contributed by atoms with van der Waals surface area (Å²) in [5.41, 5.74) is 2.53. The molecule has 1 atom stereocenters. The van der Waals surface area contributed by atoms with Gasteiger partial charge in [-0.1, -0.05) is 18.2 Å². The summed E-state index contributed by atoms with van der Waals surface area (Å²) in [5.74, 6) is 1.69. The number of hydrogen-bond donors (Lipinski definition) is 2. The molecule has 7 nitrogen and oxygen atoms in total. The lowest BCUT2D eigenvalue weighted by Crippen LogP contribution is -2.47. The third kappa shape index (κ3) is 2.86. The van der Waals surface area contributed by atoms with Gasteiger partial charge in [-0.2, -0.15) is 0 Å². The second-order valence-corrected chi connectivity index (χ2v) is 6.97. The number of hydrazine groups is 1. The lowest BCUT2D eigenvalue weighted by atomic mass is 10.3. The molecule has 2 amide bonds. The zero-order valence-corrected chi connectivity index (χ0v) is 14.3. The maximum Gasteiger partial charge on any atom is 0.401 e. The molecule has 1 aliphatic heterocycles. The Bertz CT molecular complexity index is 769. The van der Waals surface area contributed by atoms with Crippen molar-refractivity contribution in [3.8, 4) is 17.2 Å². The van der Waals surface area contributed by atoms with Gasteiger partial charge in [-0.25, -0.2) is 15.0 Å². The third-order valence-electron chi connectivity index (χ3n) is 3.30. The molecule has 0 bridgehead atoms. The molecular weight excluding hydrogens is 330 g/mol. The summed E-state index contributed by atoms with van der Waals surface area (Å²) in [5, 5.41) is 12.1.